The summed E-state index contributed by atoms with van der Waals surface area (Å²) in [7, 11) is 0. The van der Waals surface area contributed by atoms with E-state index in [-0.39, 0.29) is 5.92 Å². The van der Waals surface area contributed by atoms with Gasteiger partial charge in [0.1, 0.15) is 0 Å². The van der Waals surface area contributed by atoms with E-state index in [1.165, 1.54) is 50.5 Å². The maximum Gasteiger partial charge on any atom is 0.223 e. The number of hydrogen-bond donors (Lipinski definition) is 0. The summed E-state index contributed by atoms with van der Waals surface area (Å²) in [5, 5.41) is 8.84. The first kappa shape index (κ1) is 18.8. The molecule has 0 radical (unpaired) electrons. The Hall–Kier alpha value is -2.17. The van der Waals surface area contributed by atoms with Crippen LogP contribution in [0.25, 0.3) is 0 Å². The number of benzene rings is 1. The Kier molecular flexibility index (Phi) is 5.38. The molecule has 0 N–H and O–H groups in total. The van der Waals surface area contributed by atoms with Crippen molar-refractivity contribution in [1.82, 2.24) is 15.1 Å². The van der Waals surface area contributed by atoms with Gasteiger partial charge in [0.2, 0.25) is 17.7 Å². The molecule has 2 aliphatic carbocycles. The third-order valence-electron chi connectivity index (χ3n) is 7.29. The average Bonchev–Trinajstić information content (AvgIpc) is 3.40. The number of carbonyl (C=O) groups excluding carboxylic acids is 1. The molecule has 2 saturated carbocycles. The van der Waals surface area contributed by atoms with Crippen LogP contribution in [0.3, 0.4) is 0 Å². The summed E-state index contributed by atoms with van der Waals surface area (Å²) in [6.07, 6.45) is 10.5. The summed E-state index contributed by atoms with van der Waals surface area (Å²) in [4.78, 5) is 14.4. The Morgan fingerprint density at radius 1 is 0.897 bits per heavy atom. The summed E-state index contributed by atoms with van der Waals surface area (Å²) < 4.78 is 6.18. The standard InChI is InChI=1S/C24H31N3O2/c28-22(14-17-8-4-5-9-17)27-15-19(16-27)23-25-26-24(29-23)21-13-7-6-12-20(21)18-10-2-1-3-11-18/h1-3,10-11,17,19-21H,4-9,12-16H2. The third-order valence-corrected chi connectivity index (χ3v) is 7.29. The van der Waals surface area contributed by atoms with E-state index in [1.54, 1.807) is 0 Å². The van der Waals surface area contributed by atoms with Gasteiger partial charge in [-0.25, -0.2) is 0 Å². The minimum Gasteiger partial charge on any atom is -0.425 e. The van der Waals surface area contributed by atoms with Crippen LogP contribution in [-0.4, -0.2) is 34.1 Å². The molecular formula is C24H31N3O2. The number of amides is 1. The summed E-state index contributed by atoms with van der Waals surface area (Å²) in [6, 6.07) is 10.8. The van der Waals surface area contributed by atoms with E-state index in [1.807, 2.05) is 4.90 Å². The number of carbonyl (C=O) groups is 1. The Morgan fingerprint density at radius 2 is 1.55 bits per heavy atom. The van der Waals surface area contributed by atoms with Crippen LogP contribution in [0.4, 0.5) is 0 Å². The van der Waals surface area contributed by atoms with Gasteiger partial charge >= 0.3 is 0 Å². The number of aromatic nitrogens is 2. The van der Waals surface area contributed by atoms with Crippen molar-refractivity contribution in [1.29, 1.82) is 0 Å². The summed E-state index contributed by atoms with van der Waals surface area (Å²) in [5.74, 6) is 3.42. The second-order valence-corrected chi connectivity index (χ2v) is 9.24. The zero-order chi connectivity index (χ0) is 19.6. The van der Waals surface area contributed by atoms with Crippen LogP contribution in [0, 0.1) is 5.92 Å². The Labute approximate surface area is 172 Å². The lowest BCUT2D eigenvalue weighted by molar-refractivity contribution is -0.136. The number of likely N-dealkylation sites (tertiary alicyclic amines) is 1. The van der Waals surface area contributed by atoms with Crippen LogP contribution in [-0.2, 0) is 4.79 Å². The zero-order valence-electron chi connectivity index (χ0n) is 17.1. The number of nitrogens with zero attached hydrogens (tertiary/aromatic N) is 3. The van der Waals surface area contributed by atoms with E-state index >= 15 is 0 Å². The van der Waals surface area contributed by atoms with Gasteiger partial charge < -0.3 is 9.32 Å². The molecule has 1 aromatic carbocycles. The predicted octanol–water partition coefficient (Wildman–Crippen LogP) is 5.02. The lowest BCUT2D eigenvalue weighted by Crippen LogP contribution is -2.48. The number of hydrogen-bond acceptors (Lipinski definition) is 4. The molecule has 29 heavy (non-hydrogen) atoms. The van der Waals surface area contributed by atoms with Crippen molar-refractivity contribution < 1.29 is 9.21 Å². The Bertz CT molecular complexity index is 822. The SMILES string of the molecule is O=C(CC1CCCC1)N1CC(c2nnc(C3CCCCC3c3ccccc3)o2)C1. The van der Waals surface area contributed by atoms with Crippen LogP contribution >= 0.6 is 0 Å². The smallest absolute Gasteiger partial charge is 0.223 e. The van der Waals surface area contributed by atoms with Crippen molar-refractivity contribution >= 4 is 5.91 Å². The van der Waals surface area contributed by atoms with Gasteiger partial charge in [-0.2, -0.15) is 0 Å². The average molecular weight is 394 g/mol. The molecule has 154 valence electrons. The van der Waals surface area contributed by atoms with Crippen LogP contribution in [0.1, 0.15) is 92.9 Å². The van der Waals surface area contributed by atoms with Gasteiger partial charge in [-0.05, 0) is 43.1 Å². The molecule has 1 aliphatic heterocycles. The molecule has 2 aromatic rings. The Balaban J connectivity index is 1.21. The quantitative estimate of drug-likeness (QED) is 0.716. The largest absolute Gasteiger partial charge is 0.425 e. The van der Waals surface area contributed by atoms with Crippen molar-refractivity contribution in [3.05, 3.63) is 47.7 Å². The highest BCUT2D eigenvalue weighted by molar-refractivity contribution is 5.77. The molecule has 0 bridgehead atoms. The number of rotatable bonds is 5. The molecule has 1 amide bonds. The fourth-order valence-electron chi connectivity index (χ4n) is 5.52. The monoisotopic (exact) mass is 393 g/mol. The van der Waals surface area contributed by atoms with Gasteiger partial charge in [-0.15, -0.1) is 10.2 Å². The van der Waals surface area contributed by atoms with Gasteiger partial charge in [0.15, 0.2) is 0 Å². The van der Waals surface area contributed by atoms with Crippen LogP contribution < -0.4 is 0 Å². The second kappa shape index (κ2) is 8.29. The lowest BCUT2D eigenvalue weighted by Gasteiger charge is -2.37. The maximum absolute atomic E-state index is 12.5. The lowest BCUT2D eigenvalue weighted by atomic mass is 9.75. The molecule has 3 fully saturated rings. The van der Waals surface area contributed by atoms with Gasteiger partial charge in [0.05, 0.1) is 5.92 Å². The molecule has 2 unspecified atom stereocenters. The molecule has 2 atom stereocenters. The molecule has 5 rings (SSSR count). The van der Waals surface area contributed by atoms with E-state index in [2.05, 4.69) is 40.5 Å². The fourth-order valence-corrected chi connectivity index (χ4v) is 5.52. The zero-order valence-corrected chi connectivity index (χ0v) is 17.1. The molecule has 1 aromatic heterocycles. The summed E-state index contributed by atoms with van der Waals surface area (Å²) in [5.41, 5.74) is 1.38. The van der Waals surface area contributed by atoms with Crippen LogP contribution in [0.5, 0.6) is 0 Å². The van der Waals surface area contributed by atoms with Crippen molar-refractivity contribution in [3.8, 4) is 0 Å². The highest BCUT2D eigenvalue weighted by Gasteiger charge is 2.38. The van der Waals surface area contributed by atoms with Crippen LogP contribution in [0.2, 0.25) is 0 Å². The van der Waals surface area contributed by atoms with Crippen molar-refractivity contribution in [2.45, 2.75) is 75.5 Å². The van der Waals surface area contributed by atoms with Crippen molar-refractivity contribution in [3.63, 3.8) is 0 Å². The van der Waals surface area contributed by atoms with Gasteiger partial charge in [0.25, 0.3) is 0 Å². The second-order valence-electron chi connectivity index (χ2n) is 9.24. The highest BCUT2D eigenvalue weighted by Crippen LogP contribution is 2.44. The van der Waals surface area contributed by atoms with E-state index in [0.29, 0.717) is 23.7 Å². The molecule has 0 spiro atoms. The summed E-state index contributed by atoms with van der Waals surface area (Å²) >= 11 is 0. The predicted molar refractivity (Wildman–Crippen MR) is 111 cm³/mol. The fraction of sp³-hybridized carbons (Fsp3) is 0.625. The van der Waals surface area contributed by atoms with Gasteiger partial charge in [-0.1, -0.05) is 56.0 Å². The molecule has 2 heterocycles. The van der Waals surface area contributed by atoms with Crippen molar-refractivity contribution in [2.24, 2.45) is 5.92 Å². The summed E-state index contributed by atoms with van der Waals surface area (Å²) in [6.45, 7) is 1.47. The van der Waals surface area contributed by atoms with Crippen LogP contribution in [0.15, 0.2) is 34.7 Å². The molecule has 5 heteroatoms. The van der Waals surface area contributed by atoms with Gasteiger partial charge in [0, 0.05) is 25.4 Å². The first-order chi connectivity index (χ1) is 14.3. The topological polar surface area (TPSA) is 59.2 Å². The van der Waals surface area contributed by atoms with E-state index < -0.39 is 0 Å². The first-order valence-corrected chi connectivity index (χ1v) is 11.4. The third kappa shape index (κ3) is 3.96. The van der Waals surface area contributed by atoms with E-state index in [9.17, 15) is 4.79 Å². The van der Waals surface area contributed by atoms with E-state index in [4.69, 9.17) is 4.42 Å². The van der Waals surface area contributed by atoms with E-state index in [0.717, 1.165) is 37.7 Å². The molecular weight excluding hydrogens is 362 g/mol. The minimum absolute atomic E-state index is 0.211. The minimum atomic E-state index is 0.211. The highest BCUT2D eigenvalue weighted by atomic mass is 16.4. The molecule has 5 nitrogen and oxygen atoms in total. The first-order valence-electron chi connectivity index (χ1n) is 11.4. The molecule has 3 aliphatic rings. The molecule has 1 saturated heterocycles. The van der Waals surface area contributed by atoms with Crippen molar-refractivity contribution in [2.75, 3.05) is 13.1 Å². The Morgan fingerprint density at radius 3 is 2.31 bits per heavy atom. The maximum atomic E-state index is 12.5. The van der Waals surface area contributed by atoms with Gasteiger partial charge in [-0.3, -0.25) is 4.79 Å². The normalized spacial score (nSPS) is 25.9.